The number of amides is 1. The Morgan fingerprint density at radius 2 is 2.19 bits per heavy atom. The Morgan fingerprint density at radius 1 is 1.33 bits per heavy atom. The maximum atomic E-state index is 11.6. The van der Waals surface area contributed by atoms with Crippen LogP contribution < -0.4 is 10.6 Å². The number of aromatic nitrogens is 2. The molecule has 0 fully saturated rings. The van der Waals surface area contributed by atoms with Crippen molar-refractivity contribution in [2.45, 2.75) is 32.2 Å². The zero-order chi connectivity index (χ0) is 13.9. The van der Waals surface area contributed by atoms with E-state index in [9.17, 15) is 4.79 Å². The van der Waals surface area contributed by atoms with Gasteiger partial charge in [0.25, 0.3) is 0 Å². The number of anilines is 1. The van der Waals surface area contributed by atoms with Gasteiger partial charge in [0.15, 0.2) is 0 Å². The van der Waals surface area contributed by atoms with Gasteiger partial charge in [-0.3, -0.25) is 4.79 Å². The maximum Gasteiger partial charge on any atom is 0.238 e. The highest BCUT2D eigenvalue weighted by atomic mass is 35.5. The lowest BCUT2D eigenvalue weighted by Gasteiger charge is -2.06. The highest BCUT2D eigenvalue weighted by Gasteiger charge is 2.13. The van der Waals surface area contributed by atoms with Crippen molar-refractivity contribution < 1.29 is 4.79 Å². The average molecular weight is 309 g/mol. The Bertz CT molecular complexity index is 638. The standard InChI is InChI=1S/C15H20N4O.ClH/c1-16-10-15(20)17-11-6-7-13-12(9-11)18-14-5-3-2-4-8-19(13)14;/h6-7,9,16H,2-5,8,10H2,1H3,(H,17,20);1H. The van der Waals surface area contributed by atoms with Crippen molar-refractivity contribution in [3.8, 4) is 0 Å². The molecule has 6 heteroatoms. The van der Waals surface area contributed by atoms with Gasteiger partial charge in [-0.05, 0) is 38.1 Å². The molecule has 5 nitrogen and oxygen atoms in total. The van der Waals surface area contributed by atoms with E-state index in [1.807, 2.05) is 12.1 Å². The monoisotopic (exact) mass is 308 g/mol. The van der Waals surface area contributed by atoms with E-state index in [1.54, 1.807) is 7.05 Å². The first kappa shape index (κ1) is 15.8. The van der Waals surface area contributed by atoms with Crippen LogP contribution in [-0.4, -0.2) is 29.1 Å². The van der Waals surface area contributed by atoms with Crippen LogP contribution in [0.2, 0.25) is 0 Å². The van der Waals surface area contributed by atoms with E-state index >= 15 is 0 Å². The topological polar surface area (TPSA) is 59.0 Å². The van der Waals surface area contributed by atoms with E-state index in [2.05, 4.69) is 21.3 Å². The normalized spacial score (nSPS) is 14.1. The molecule has 0 atom stereocenters. The molecule has 1 aliphatic rings. The van der Waals surface area contributed by atoms with Gasteiger partial charge in [-0.25, -0.2) is 4.98 Å². The first-order valence-corrected chi connectivity index (χ1v) is 7.21. The fourth-order valence-electron chi connectivity index (χ4n) is 2.79. The van der Waals surface area contributed by atoms with Gasteiger partial charge in [-0.15, -0.1) is 12.4 Å². The van der Waals surface area contributed by atoms with Gasteiger partial charge in [0.05, 0.1) is 17.6 Å². The van der Waals surface area contributed by atoms with Crippen LogP contribution >= 0.6 is 12.4 Å². The summed E-state index contributed by atoms with van der Waals surface area (Å²) in [4.78, 5) is 16.3. The van der Waals surface area contributed by atoms with Crippen LogP contribution in [-0.2, 0) is 17.8 Å². The summed E-state index contributed by atoms with van der Waals surface area (Å²) in [6.07, 6.45) is 4.77. The summed E-state index contributed by atoms with van der Waals surface area (Å²) in [5.41, 5.74) is 2.96. The Hall–Kier alpha value is -1.59. The number of nitrogens with one attached hydrogen (secondary N) is 2. The minimum atomic E-state index is -0.0346. The van der Waals surface area contributed by atoms with Crippen molar-refractivity contribution in [3.63, 3.8) is 0 Å². The first-order valence-electron chi connectivity index (χ1n) is 7.21. The molecule has 1 aliphatic heterocycles. The fourth-order valence-corrected chi connectivity index (χ4v) is 2.79. The molecular formula is C15H21ClN4O. The predicted molar refractivity (Wildman–Crippen MR) is 87.1 cm³/mol. The third-order valence-corrected chi connectivity index (χ3v) is 3.73. The Balaban J connectivity index is 0.00000161. The Kier molecular flexibility index (Phi) is 5.20. The lowest BCUT2D eigenvalue weighted by Crippen LogP contribution is -2.24. The summed E-state index contributed by atoms with van der Waals surface area (Å²) in [5.74, 6) is 1.14. The molecule has 114 valence electrons. The van der Waals surface area contributed by atoms with Crippen molar-refractivity contribution in [2.24, 2.45) is 0 Å². The maximum absolute atomic E-state index is 11.6. The van der Waals surface area contributed by atoms with E-state index in [1.165, 1.54) is 30.6 Å². The summed E-state index contributed by atoms with van der Waals surface area (Å²) in [7, 11) is 1.76. The van der Waals surface area contributed by atoms with Gasteiger partial charge in [0.2, 0.25) is 5.91 Å². The second-order valence-corrected chi connectivity index (χ2v) is 5.27. The summed E-state index contributed by atoms with van der Waals surface area (Å²) < 4.78 is 2.32. The van der Waals surface area contributed by atoms with E-state index in [0.29, 0.717) is 6.54 Å². The third-order valence-electron chi connectivity index (χ3n) is 3.73. The smallest absolute Gasteiger partial charge is 0.238 e. The zero-order valence-electron chi connectivity index (χ0n) is 12.2. The van der Waals surface area contributed by atoms with Crippen LogP contribution in [0.3, 0.4) is 0 Å². The SMILES string of the molecule is CNCC(=O)Nc1ccc2c(c1)nc1n2CCCCC1.Cl. The first-order chi connectivity index (χ1) is 9.78. The molecule has 2 aromatic rings. The molecule has 0 spiro atoms. The van der Waals surface area contributed by atoms with Crippen LogP contribution in [0.4, 0.5) is 5.69 Å². The quantitative estimate of drug-likeness (QED) is 0.915. The van der Waals surface area contributed by atoms with Gasteiger partial charge >= 0.3 is 0 Å². The molecule has 0 aliphatic carbocycles. The molecule has 1 amide bonds. The number of hydrogen-bond donors (Lipinski definition) is 2. The van der Waals surface area contributed by atoms with Crippen molar-refractivity contribution in [1.29, 1.82) is 0 Å². The second kappa shape index (κ2) is 6.91. The van der Waals surface area contributed by atoms with Gasteiger partial charge in [0.1, 0.15) is 5.82 Å². The molecule has 0 saturated heterocycles. The number of nitrogens with zero attached hydrogens (tertiary/aromatic N) is 2. The predicted octanol–water partition coefficient (Wildman–Crippen LogP) is 2.34. The van der Waals surface area contributed by atoms with Crippen LogP contribution in [0.25, 0.3) is 11.0 Å². The summed E-state index contributed by atoms with van der Waals surface area (Å²) in [6.45, 7) is 1.37. The fraction of sp³-hybridized carbons (Fsp3) is 0.467. The van der Waals surface area contributed by atoms with E-state index in [-0.39, 0.29) is 18.3 Å². The molecular weight excluding hydrogens is 288 g/mol. The van der Waals surface area contributed by atoms with Gasteiger partial charge in [-0.2, -0.15) is 0 Å². The number of aryl methyl sites for hydroxylation is 2. The Labute approximate surface area is 130 Å². The van der Waals surface area contributed by atoms with Crippen molar-refractivity contribution in [2.75, 3.05) is 18.9 Å². The highest BCUT2D eigenvalue weighted by molar-refractivity contribution is 5.94. The van der Waals surface area contributed by atoms with E-state index < -0.39 is 0 Å². The molecule has 3 rings (SSSR count). The van der Waals surface area contributed by atoms with Gasteiger partial charge in [-0.1, -0.05) is 6.42 Å². The molecule has 0 saturated carbocycles. The molecule has 21 heavy (non-hydrogen) atoms. The number of likely N-dealkylation sites (N-methyl/N-ethyl adjacent to an activating group) is 1. The highest BCUT2D eigenvalue weighted by Crippen LogP contribution is 2.24. The molecule has 0 unspecified atom stereocenters. The van der Waals surface area contributed by atoms with Crippen molar-refractivity contribution in [3.05, 3.63) is 24.0 Å². The van der Waals surface area contributed by atoms with Crippen LogP contribution in [0.5, 0.6) is 0 Å². The largest absolute Gasteiger partial charge is 0.328 e. The van der Waals surface area contributed by atoms with Crippen LogP contribution in [0.1, 0.15) is 25.1 Å². The summed E-state index contributed by atoms with van der Waals surface area (Å²) >= 11 is 0. The molecule has 1 aromatic heterocycles. The minimum Gasteiger partial charge on any atom is -0.328 e. The number of rotatable bonds is 3. The number of carbonyl (C=O) groups is 1. The second-order valence-electron chi connectivity index (χ2n) is 5.27. The number of carbonyl (C=O) groups excluding carboxylic acids is 1. The zero-order valence-corrected chi connectivity index (χ0v) is 13.0. The molecule has 1 aromatic carbocycles. The van der Waals surface area contributed by atoms with Crippen LogP contribution in [0, 0.1) is 0 Å². The minimum absolute atomic E-state index is 0. The lowest BCUT2D eigenvalue weighted by atomic mass is 10.2. The lowest BCUT2D eigenvalue weighted by molar-refractivity contribution is -0.115. The number of hydrogen-bond acceptors (Lipinski definition) is 3. The molecule has 0 radical (unpaired) electrons. The van der Waals surface area contributed by atoms with Crippen LogP contribution in [0.15, 0.2) is 18.2 Å². The number of benzene rings is 1. The van der Waals surface area contributed by atoms with Crippen molar-refractivity contribution >= 4 is 35.0 Å². The number of halogens is 1. The Morgan fingerprint density at radius 3 is 3.00 bits per heavy atom. The molecule has 2 N–H and O–H groups in total. The number of fused-ring (bicyclic) bond motifs is 3. The van der Waals surface area contributed by atoms with Gasteiger partial charge < -0.3 is 15.2 Å². The van der Waals surface area contributed by atoms with E-state index in [0.717, 1.165) is 24.2 Å². The third kappa shape index (κ3) is 3.36. The number of imidazole rings is 1. The van der Waals surface area contributed by atoms with Crippen molar-refractivity contribution in [1.82, 2.24) is 14.9 Å². The average Bonchev–Trinajstić information content (AvgIpc) is 2.60. The molecule has 0 bridgehead atoms. The summed E-state index contributed by atoms with van der Waals surface area (Å²) in [6, 6.07) is 5.98. The van der Waals surface area contributed by atoms with Gasteiger partial charge in [0, 0.05) is 18.7 Å². The summed E-state index contributed by atoms with van der Waals surface area (Å²) in [5, 5.41) is 5.72. The molecule has 2 heterocycles. The van der Waals surface area contributed by atoms with E-state index in [4.69, 9.17) is 4.98 Å².